The third-order valence-electron chi connectivity index (χ3n) is 1.94. The van der Waals surface area contributed by atoms with Crippen LogP contribution in [0.15, 0.2) is 9.98 Å². The first-order valence-corrected chi connectivity index (χ1v) is 5.03. The predicted molar refractivity (Wildman–Crippen MR) is 54.9 cm³/mol. The van der Waals surface area contributed by atoms with Gasteiger partial charge in [-0.25, -0.2) is 4.99 Å². The molecular formula is C6H7ClIN3. The zero-order valence-electron chi connectivity index (χ0n) is 5.67. The highest BCUT2D eigenvalue weighted by Gasteiger charge is 2.38. The molecule has 0 aliphatic carbocycles. The Balaban J connectivity index is 2.26. The van der Waals surface area contributed by atoms with Crippen LogP contribution in [0, 0.1) is 5.92 Å². The summed E-state index contributed by atoms with van der Waals surface area (Å²) in [6, 6.07) is 0. The molecule has 0 aromatic rings. The lowest BCUT2D eigenvalue weighted by Gasteiger charge is -2.18. The fourth-order valence-electron chi connectivity index (χ4n) is 1.36. The minimum atomic E-state index is 0.168. The molecule has 11 heavy (non-hydrogen) atoms. The summed E-state index contributed by atoms with van der Waals surface area (Å²) in [6.07, 6.45) is 1.70. The molecule has 1 N–H and O–H groups in total. The van der Waals surface area contributed by atoms with E-state index in [2.05, 4.69) is 37.9 Å². The van der Waals surface area contributed by atoms with Crippen LogP contribution in [0.4, 0.5) is 0 Å². The average molecular weight is 284 g/mol. The van der Waals surface area contributed by atoms with Gasteiger partial charge in [-0.1, -0.05) is 34.2 Å². The van der Waals surface area contributed by atoms with Crippen LogP contribution in [-0.2, 0) is 0 Å². The molecule has 0 amide bonds. The Labute approximate surface area is 83.5 Å². The fraction of sp³-hybridized carbons (Fsp3) is 0.667. The normalized spacial score (nSPS) is 42.0. The van der Waals surface area contributed by atoms with Gasteiger partial charge in [0, 0.05) is 10.5 Å². The van der Waals surface area contributed by atoms with Gasteiger partial charge in [0.2, 0.25) is 0 Å². The Morgan fingerprint density at radius 1 is 1.73 bits per heavy atom. The molecule has 3 atom stereocenters. The molecule has 0 aromatic carbocycles. The SMILES string of the molecule is ClC1=NC=NC2NCC(I)C12. The van der Waals surface area contributed by atoms with E-state index in [9.17, 15) is 0 Å². The first-order chi connectivity index (χ1) is 5.29. The smallest absolute Gasteiger partial charge is 0.115 e. The van der Waals surface area contributed by atoms with Gasteiger partial charge in [-0.15, -0.1) is 0 Å². The van der Waals surface area contributed by atoms with Crippen molar-refractivity contribution in [2.24, 2.45) is 15.9 Å². The van der Waals surface area contributed by atoms with E-state index in [0.29, 0.717) is 15.0 Å². The number of halogens is 2. The van der Waals surface area contributed by atoms with Gasteiger partial charge >= 0.3 is 0 Å². The maximum atomic E-state index is 5.93. The average Bonchev–Trinajstić information content (AvgIpc) is 2.34. The maximum Gasteiger partial charge on any atom is 0.115 e. The topological polar surface area (TPSA) is 36.8 Å². The molecule has 0 radical (unpaired) electrons. The Hall–Kier alpha value is 0.320. The number of alkyl halides is 1. The number of hydrogen-bond acceptors (Lipinski definition) is 3. The van der Waals surface area contributed by atoms with Crippen LogP contribution in [0.3, 0.4) is 0 Å². The number of nitrogens with one attached hydrogen (secondary N) is 1. The highest BCUT2D eigenvalue weighted by molar-refractivity contribution is 14.1. The summed E-state index contributed by atoms with van der Waals surface area (Å²) in [5, 5.41) is 3.96. The van der Waals surface area contributed by atoms with Crippen molar-refractivity contribution in [3.63, 3.8) is 0 Å². The van der Waals surface area contributed by atoms with E-state index in [1.165, 1.54) is 6.34 Å². The number of hydrogen-bond donors (Lipinski definition) is 1. The highest BCUT2D eigenvalue weighted by atomic mass is 127. The second-order valence-electron chi connectivity index (χ2n) is 2.61. The lowest BCUT2D eigenvalue weighted by atomic mass is 10.1. The second-order valence-corrected chi connectivity index (χ2v) is 4.60. The quantitative estimate of drug-likeness (QED) is 0.523. The summed E-state index contributed by atoms with van der Waals surface area (Å²) < 4.78 is 0.520. The minimum absolute atomic E-state index is 0.168. The summed E-state index contributed by atoms with van der Waals surface area (Å²) in [5.41, 5.74) is 0. The Morgan fingerprint density at radius 2 is 2.55 bits per heavy atom. The maximum absolute atomic E-state index is 5.93. The fourth-order valence-corrected chi connectivity index (χ4v) is 2.87. The molecule has 1 fully saturated rings. The van der Waals surface area contributed by atoms with Gasteiger partial charge in [-0.05, 0) is 0 Å². The predicted octanol–water partition coefficient (Wildman–Crippen LogP) is 1.01. The van der Waals surface area contributed by atoms with E-state index < -0.39 is 0 Å². The largest absolute Gasteiger partial charge is 0.294 e. The van der Waals surface area contributed by atoms with E-state index in [1.54, 1.807) is 0 Å². The van der Waals surface area contributed by atoms with Gasteiger partial charge in [0.05, 0.1) is 5.92 Å². The molecule has 0 saturated carbocycles. The van der Waals surface area contributed by atoms with E-state index in [1.807, 2.05) is 0 Å². The number of aliphatic imine (C=N–C) groups is 2. The monoisotopic (exact) mass is 283 g/mol. The van der Waals surface area contributed by atoms with Crippen LogP contribution in [0.1, 0.15) is 0 Å². The van der Waals surface area contributed by atoms with Crippen molar-refractivity contribution in [2.75, 3.05) is 6.54 Å². The third-order valence-corrected chi connectivity index (χ3v) is 3.50. The van der Waals surface area contributed by atoms with Gasteiger partial charge in [0.15, 0.2) is 0 Å². The van der Waals surface area contributed by atoms with Gasteiger partial charge < -0.3 is 0 Å². The minimum Gasteiger partial charge on any atom is -0.294 e. The van der Waals surface area contributed by atoms with Crippen molar-refractivity contribution in [1.29, 1.82) is 0 Å². The lowest BCUT2D eigenvalue weighted by molar-refractivity contribution is 0.575. The molecule has 2 rings (SSSR count). The first kappa shape index (κ1) is 7.94. The Kier molecular flexibility index (Phi) is 2.16. The zero-order valence-corrected chi connectivity index (χ0v) is 8.58. The molecule has 2 aliphatic rings. The molecule has 2 heterocycles. The molecule has 60 valence electrons. The molecule has 2 aliphatic heterocycles. The van der Waals surface area contributed by atoms with Crippen molar-refractivity contribution in [1.82, 2.24) is 5.32 Å². The summed E-state index contributed by atoms with van der Waals surface area (Å²) in [4.78, 5) is 8.15. The first-order valence-electron chi connectivity index (χ1n) is 3.41. The van der Waals surface area contributed by atoms with E-state index >= 15 is 0 Å². The molecule has 5 heteroatoms. The van der Waals surface area contributed by atoms with Crippen LogP contribution in [-0.4, -0.2) is 28.1 Å². The van der Waals surface area contributed by atoms with Gasteiger partial charge in [-0.3, -0.25) is 10.3 Å². The summed E-state index contributed by atoms with van der Waals surface area (Å²) in [5.74, 6) is 0.294. The second kappa shape index (κ2) is 2.99. The third kappa shape index (κ3) is 1.31. The van der Waals surface area contributed by atoms with Crippen molar-refractivity contribution in [3.8, 4) is 0 Å². The lowest BCUT2D eigenvalue weighted by Crippen LogP contribution is -2.31. The van der Waals surface area contributed by atoms with Crippen LogP contribution >= 0.6 is 34.2 Å². The van der Waals surface area contributed by atoms with Crippen LogP contribution in [0.5, 0.6) is 0 Å². The number of rotatable bonds is 0. The summed E-state index contributed by atoms with van der Waals surface area (Å²) in [7, 11) is 0. The van der Waals surface area contributed by atoms with Crippen LogP contribution < -0.4 is 5.32 Å². The van der Waals surface area contributed by atoms with Gasteiger partial charge in [0.25, 0.3) is 0 Å². The number of nitrogens with zero attached hydrogens (tertiary/aromatic N) is 2. The van der Waals surface area contributed by atoms with Crippen LogP contribution in [0.2, 0.25) is 0 Å². The summed E-state index contributed by atoms with van der Waals surface area (Å²) >= 11 is 8.31. The Morgan fingerprint density at radius 3 is 3.27 bits per heavy atom. The van der Waals surface area contributed by atoms with Crippen molar-refractivity contribution in [3.05, 3.63) is 0 Å². The number of fused-ring (bicyclic) bond motifs is 1. The molecule has 0 aromatic heterocycles. The standard InChI is InChI=1S/C6H7ClIN3/c7-5-4-3(8)1-9-6(4)11-2-10-5/h2-4,6,9H,1H2. The molecule has 0 bridgehead atoms. The van der Waals surface area contributed by atoms with Gasteiger partial charge in [-0.2, -0.15) is 0 Å². The molecule has 3 unspecified atom stereocenters. The molecular weight excluding hydrogens is 276 g/mol. The molecule has 3 nitrogen and oxygen atoms in total. The summed E-state index contributed by atoms with van der Waals surface area (Å²) in [6.45, 7) is 0.971. The Bertz CT molecular complexity index is 228. The van der Waals surface area contributed by atoms with Crippen molar-refractivity contribution >= 4 is 45.7 Å². The van der Waals surface area contributed by atoms with E-state index in [4.69, 9.17) is 11.6 Å². The van der Waals surface area contributed by atoms with Gasteiger partial charge in [0.1, 0.15) is 17.7 Å². The van der Waals surface area contributed by atoms with Crippen molar-refractivity contribution in [2.45, 2.75) is 10.1 Å². The molecule has 1 saturated heterocycles. The zero-order chi connectivity index (χ0) is 7.84. The highest BCUT2D eigenvalue weighted by Crippen LogP contribution is 2.28. The van der Waals surface area contributed by atoms with E-state index in [-0.39, 0.29) is 6.17 Å². The molecule has 0 spiro atoms. The van der Waals surface area contributed by atoms with Crippen LogP contribution in [0.25, 0.3) is 0 Å². The van der Waals surface area contributed by atoms with Crippen molar-refractivity contribution < 1.29 is 0 Å². The van der Waals surface area contributed by atoms with E-state index in [0.717, 1.165) is 6.54 Å².